The number of rotatable bonds is 2. The summed E-state index contributed by atoms with van der Waals surface area (Å²) in [6, 6.07) is 2.01. The van der Waals surface area contributed by atoms with E-state index in [1.165, 1.54) is 10.4 Å². The van der Waals surface area contributed by atoms with Crippen LogP contribution in [0, 0.1) is 5.92 Å². The number of thioether (sulfide) groups is 1. The van der Waals surface area contributed by atoms with Crippen molar-refractivity contribution >= 4 is 35.0 Å². The van der Waals surface area contributed by atoms with Crippen LogP contribution < -0.4 is 0 Å². The largest absolute Gasteiger partial charge is 0.481 e. The third-order valence-electron chi connectivity index (χ3n) is 3.90. The molecule has 1 amide bonds. The van der Waals surface area contributed by atoms with Crippen molar-refractivity contribution in [2.24, 2.45) is 5.92 Å². The van der Waals surface area contributed by atoms with Gasteiger partial charge in [0.1, 0.15) is 0 Å². The maximum absolute atomic E-state index is 12.5. The van der Waals surface area contributed by atoms with Crippen LogP contribution in [0.3, 0.4) is 0 Å². The highest BCUT2D eigenvalue weighted by Gasteiger charge is 2.29. The molecule has 1 aromatic rings. The van der Waals surface area contributed by atoms with E-state index in [0.717, 1.165) is 29.2 Å². The van der Waals surface area contributed by atoms with Crippen LogP contribution in [-0.4, -0.2) is 40.7 Å². The quantitative estimate of drug-likeness (QED) is 0.911. The van der Waals surface area contributed by atoms with Gasteiger partial charge in [-0.25, -0.2) is 0 Å². The van der Waals surface area contributed by atoms with E-state index in [2.05, 4.69) is 0 Å². The predicted octanol–water partition coefficient (Wildman–Crippen LogP) is 2.47. The van der Waals surface area contributed by atoms with Crippen LogP contribution >= 0.6 is 23.1 Å². The van der Waals surface area contributed by atoms with Crippen LogP contribution in [0.15, 0.2) is 6.07 Å². The zero-order chi connectivity index (χ0) is 14.1. The van der Waals surface area contributed by atoms with Gasteiger partial charge >= 0.3 is 5.97 Å². The molecule has 108 valence electrons. The summed E-state index contributed by atoms with van der Waals surface area (Å²) in [6.45, 7) is 1.03. The molecule has 3 rings (SSSR count). The first-order valence-corrected chi connectivity index (χ1v) is 8.83. The Bertz CT molecular complexity index is 517. The van der Waals surface area contributed by atoms with Crippen molar-refractivity contribution in [3.63, 3.8) is 0 Å². The van der Waals surface area contributed by atoms with Gasteiger partial charge in [-0.3, -0.25) is 9.59 Å². The van der Waals surface area contributed by atoms with Crippen LogP contribution in [0.5, 0.6) is 0 Å². The van der Waals surface area contributed by atoms with Gasteiger partial charge in [0.05, 0.1) is 10.8 Å². The zero-order valence-corrected chi connectivity index (χ0v) is 12.8. The molecule has 2 aliphatic rings. The minimum Gasteiger partial charge on any atom is -0.481 e. The topological polar surface area (TPSA) is 57.6 Å². The molecule has 0 aliphatic carbocycles. The van der Waals surface area contributed by atoms with Gasteiger partial charge in [0, 0.05) is 23.7 Å². The average Bonchev–Trinajstić information content (AvgIpc) is 2.90. The lowest BCUT2D eigenvalue weighted by Gasteiger charge is -2.30. The van der Waals surface area contributed by atoms with Crippen molar-refractivity contribution in [2.45, 2.75) is 25.0 Å². The van der Waals surface area contributed by atoms with Crippen LogP contribution in [-0.2, 0) is 17.0 Å². The fourth-order valence-corrected chi connectivity index (χ4v) is 5.11. The third kappa shape index (κ3) is 2.72. The number of nitrogens with zero attached hydrogens (tertiary/aromatic N) is 1. The lowest BCUT2D eigenvalue weighted by Crippen LogP contribution is -2.42. The molecule has 4 nitrogen and oxygen atoms in total. The van der Waals surface area contributed by atoms with Gasteiger partial charge in [0.2, 0.25) is 0 Å². The number of carboxylic acid groups (broad SMARTS) is 1. The fraction of sp³-hybridized carbons (Fsp3) is 0.571. The van der Waals surface area contributed by atoms with Gasteiger partial charge in [0.15, 0.2) is 0 Å². The van der Waals surface area contributed by atoms with Gasteiger partial charge in [0.25, 0.3) is 5.91 Å². The normalized spacial score (nSPS) is 22.4. The second kappa shape index (κ2) is 5.77. The molecule has 2 aliphatic heterocycles. The molecule has 3 heterocycles. The molecular weight excluding hydrogens is 294 g/mol. The maximum atomic E-state index is 12.5. The smallest absolute Gasteiger partial charge is 0.308 e. The number of fused-ring (bicyclic) bond motifs is 1. The molecule has 20 heavy (non-hydrogen) atoms. The Morgan fingerprint density at radius 1 is 1.40 bits per heavy atom. The van der Waals surface area contributed by atoms with E-state index in [9.17, 15) is 9.59 Å². The number of likely N-dealkylation sites (tertiary alicyclic amines) is 1. The first-order valence-electron chi connectivity index (χ1n) is 6.86. The summed E-state index contributed by atoms with van der Waals surface area (Å²) in [7, 11) is 0. The van der Waals surface area contributed by atoms with Gasteiger partial charge in [-0.1, -0.05) is 0 Å². The number of hydrogen-bond donors (Lipinski definition) is 1. The highest BCUT2D eigenvalue weighted by atomic mass is 32.2. The summed E-state index contributed by atoms with van der Waals surface area (Å²) < 4.78 is 0. The highest BCUT2D eigenvalue weighted by Crippen LogP contribution is 2.32. The number of carbonyl (C=O) groups is 2. The molecule has 0 bridgehead atoms. The number of aliphatic carboxylic acids is 1. The van der Waals surface area contributed by atoms with E-state index < -0.39 is 11.9 Å². The Kier molecular flexibility index (Phi) is 4.03. The second-order valence-corrected chi connectivity index (χ2v) is 7.53. The molecule has 1 atom stereocenters. The Morgan fingerprint density at radius 2 is 2.25 bits per heavy atom. The number of carbonyl (C=O) groups excluding carboxylic acids is 1. The van der Waals surface area contributed by atoms with Crippen LogP contribution in [0.1, 0.15) is 33.0 Å². The van der Waals surface area contributed by atoms with E-state index in [1.807, 2.05) is 17.8 Å². The van der Waals surface area contributed by atoms with Gasteiger partial charge in [-0.05, 0) is 36.6 Å². The predicted molar refractivity (Wildman–Crippen MR) is 80.4 cm³/mol. The van der Waals surface area contributed by atoms with Crippen molar-refractivity contribution in [1.29, 1.82) is 0 Å². The van der Waals surface area contributed by atoms with Crippen LogP contribution in [0.2, 0.25) is 0 Å². The molecule has 0 aromatic carbocycles. The number of hydrogen-bond acceptors (Lipinski definition) is 4. The van der Waals surface area contributed by atoms with Crippen LogP contribution in [0.4, 0.5) is 0 Å². The zero-order valence-electron chi connectivity index (χ0n) is 11.1. The minimum atomic E-state index is -0.788. The standard InChI is InChI=1S/C14H17NO3S2/c16-13(15-4-1-2-9(7-15)14(17)18)12-6-10-8-19-5-3-11(10)20-12/h6,9H,1-5,7-8H2,(H,17,18)/t9-/m1/s1. The van der Waals surface area contributed by atoms with E-state index in [-0.39, 0.29) is 5.91 Å². The van der Waals surface area contributed by atoms with Crippen molar-refractivity contribution in [2.75, 3.05) is 18.8 Å². The lowest BCUT2D eigenvalue weighted by molar-refractivity contribution is -0.143. The fourth-order valence-electron chi connectivity index (χ4n) is 2.77. The minimum absolute atomic E-state index is 0.0142. The van der Waals surface area contributed by atoms with Gasteiger partial charge < -0.3 is 10.0 Å². The first-order chi connectivity index (χ1) is 9.65. The number of thiophene rings is 1. The monoisotopic (exact) mass is 311 g/mol. The average molecular weight is 311 g/mol. The highest BCUT2D eigenvalue weighted by molar-refractivity contribution is 7.98. The number of aryl methyl sites for hydroxylation is 1. The summed E-state index contributed by atoms with van der Waals surface area (Å²) in [4.78, 5) is 27.4. The number of amides is 1. The SMILES string of the molecule is O=C(O)[C@@H]1CCCN(C(=O)c2cc3c(s2)CCSC3)C1. The van der Waals surface area contributed by atoms with E-state index >= 15 is 0 Å². The molecule has 1 N–H and O–H groups in total. The van der Waals surface area contributed by atoms with Crippen molar-refractivity contribution in [3.05, 3.63) is 21.4 Å². The van der Waals surface area contributed by atoms with E-state index in [1.54, 1.807) is 16.2 Å². The molecule has 0 radical (unpaired) electrons. The Hall–Kier alpha value is -1.01. The molecular formula is C14H17NO3S2. The molecule has 6 heteroatoms. The number of carboxylic acids is 1. The molecule has 1 saturated heterocycles. The summed E-state index contributed by atoms with van der Waals surface area (Å²) in [5.41, 5.74) is 1.29. The van der Waals surface area contributed by atoms with Gasteiger partial charge in [-0.2, -0.15) is 11.8 Å². The first kappa shape index (κ1) is 13.9. The molecule has 1 aromatic heterocycles. The summed E-state index contributed by atoms with van der Waals surface area (Å²) in [5, 5.41) is 9.10. The Labute approximate surface area is 126 Å². The second-order valence-electron chi connectivity index (χ2n) is 5.29. The summed E-state index contributed by atoms with van der Waals surface area (Å²) in [5.74, 6) is 0.950. The van der Waals surface area contributed by atoms with Crippen molar-refractivity contribution in [3.8, 4) is 0 Å². The van der Waals surface area contributed by atoms with Crippen molar-refractivity contribution < 1.29 is 14.7 Å². The van der Waals surface area contributed by atoms with E-state index in [4.69, 9.17) is 5.11 Å². The third-order valence-corrected chi connectivity index (χ3v) is 6.13. The van der Waals surface area contributed by atoms with E-state index in [0.29, 0.717) is 19.5 Å². The van der Waals surface area contributed by atoms with Crippen LogP contribution in [0.25, 0.3) is 0 Å². The summed E-state index contributed by atoms with van der Waals surface area (Å²) in [6.07, 6.45) is 2.51. The molecule has 0 spiro atoms. The summed E-state index contributed by atoms with van der Waals surface area (Å²) >= 11 is 3.50. The maximum Gasteiger partial charge on any atom is 0.308 e. The Balaban J connectivity index is 1.75. The van der Waals surface area contributed by atoms with Gasteiger partial charge in [-0.15, -0.1) is 11.3 Å². The van der Waals surface area contributed by atoms with Crippen molar-refractivity contribution in [1.82, 2.24) is 4.90 Å². The molecule has 0 unspecified atom stereocenters. The number of piperidine rings is 1. The molecule has 0 saturated carbocycles. The lowest BCUT2D eigenvalue weighted by atomic mass is 9.98. The molecule has 1 fully saturated rings. The Morgan fingerprint density at radius 3 is 3.00 bits per heavy atom.